The maximum Gasteiger partial charge on any atom is 0.103 e. The number of piperazine rings is 1. The van der Waals surface area contributed by atoms with Crippen molar-refractivity contribution in [2.75, 3.05) is 26.2 Å². The highest BCUT2D eigenvalue weighted by Crippen LogP contribution is 2.08. The zero-order valence-corrected chi connectivity index (χ0v) is 13.2. The number of benzene rings is 1. The van der Waals surface area contributed by atoms with Gasteiger partial charge in [0, 0.05) is 23.0 Å². The molecule has 1 N–H and O–H groups in total. The molecule has 0 atom stereocenters. The fraction of sp³-hybridized carbons (Fsp3) is 0.294. The lowest BCUT2D eigenvalue weighted by Crippen LogP contribution is -3.13. The Labute approximate surface area is 136 Å². The van der Waals surface area contributed by atoms with E-state index in [-0.39, 0.29) is 0 Å². The highest BCUT2D eigenvalue weighted by molar-refractivity contribution is 6.30. The number of halogens is 1. The Morgan fingerprint density at radius 1 is 1.09 bits per heavy atom. The first-order chi connectivity index (χ1) is 10.8. The van der Waals surface area contributed by atoms with Gasteiger partial charge in [0.05, 0.1) is 32.4 Å². The van der Waals surface area contributed by atoms with Crippen molar-refractivity contribution in [1.29, 1.82) is 0 Å². The normalized spacial score (nSPS) is 16.3. The third-order valence-electron chi connectivity index (χ3n) is 3.89. The number of nitrogens with zero attached hydrogens (tertiary/aromatic N) is 3. The molecule has 1 saturated heterocycles. The molecule has 0 unspecified atom stereocenters. The SMILES string of the molecule is Clc1ccc(C[NH+]2CCN(N=Cc3ccncc3)CC2)cc1. The molecular weight excluding hydrogens is 296 g/mol. The van der Waals surface area contributed by atoms with E-state index < -0.39 is 0 Å². The Balaban J connectivity index is 1.48. The molecule has 1 aliphatic heterocycles. The summed E-state index contributed by atoms with van der Waals surface area (Å²) in [7, 11) is 0. The van der Waals surface area contributed by atoms with E-state index in [0.717, 1.165) is 43.3 Å². The molecule has 0 amide bonds. The Morgan fingerprint density at radius 3 is 2.45 bits per heavy atom. The second kappa shape index (κ2) is 7.38. The first-order valence-corrected chi connectivity index (χ1v) is 7.94. The number of nitrogens with one attached hydrogen (secondary N) is 1. The van der Waals surface area contributed by atoms with Crippen LogP contribution in [0.2, 0.25) is 5.02 Å². The molecule has 4 nitrogen and oxygen atoms in total. The minimum atomic E-state index is 0.800. The number of rotatable bonds is 4. The number of quaternary nitrogens is 1. The van der Waals surface area contributed by atoms with Gasteiger partial charge in [-0.25, -0.2) is 0 Å². The van der Waals surface area contributed by atoms with Crippen LogP contribution in [0.1, 0.15) is 11.1 Å². The Bertz CT molecular complexity index is 604. The summed E-state index contributed by atoms with van der Waals surface area (Å²) in [5, 5.41) is 7.50. The molecule has 0 saturated carbocycles. The van der Waals surface area contributed by atoms with Gasteiger partial charge < -0.3 is 4.90 Å². The molecule has 0 bridgehead atoms. The Morgan fingerprint density at radius 2 is 1.77 bits per heavy atom. The Kier molecular flexibility index (Phi) is 5.03. The first-order valence-electron chi connectivity index (χ1n) is 7.56. The van der Waals surface area contributed by atoms with Crippen LogP contribution in [0.3, 0.4) is 0 Å². The third kappa shape index (κ3) is 4.29. The lowest BCUT2D eigenvalue weighted by Gasteiger charge is -2.30. The van der Waals surface area contributed by atoms with E-state index in [0.29, 0.717) is 0 Å². The molecule has 2 heterocycles. The predicted molar refractivity (Wildman–Crippen MR) is 89.3 cm³/mol. The summed E-state index contributed by atoms with van der Waals surface area (Å²) >= 11 is 5.93. The topological polar surface area (TPSA) is 32.9 Å². The molecule has 3 rings (SSSR count). The summed E-state index contributed by atoms with van der Waals surface area (Å²) < 4.78 is 0. The summed E-state index contributed by atoms with van der Waals surface area (Å²) in [6.07, 6.45) is 5.48. The molecule has 0 aliphatic carbocycles. The van der Waals surface area contributed by atoms with Crippen molar-refractivity contribution in [1.82, 2.24) is 9.99 Å². The smallest absolute Gasteiger partial charge is 0.103 e. The molecule has 5 heteroatoms. The number of hydrazone groups is 1. The van der Waals surface area contributed by atoms with Gasteiger partial charge in [-0.15, -0.1) is 0 Å². The van der Waals surface area contributed by atoms with Crippen molar-refractivity contribution >= 4 is 17.8 Å². The highest BCUT2D eigenvalue weighted by atomic mass is 35.5. The second-order valence-electron chi connectivity index (χ2n) is 5.53. The molecule has 1 aromatic carbocycles. The third-order valence-corrected chi connectivity index (χ3v) is 4.14. The van der Waals surface area contributed by atoms with Crippen LogP contribution in [0.25, 0.3) is 0 Å². The molecule has 0 spiro atoms. The average molecular weight is 316 g/mol. The van der Waals surface area contributed by atoms with E-state index in [1.807, 2.05) is 30.5 Å². The van der Waals surface area contributed by atoms with Crippen LogP contribution in [0.5, 0.6) is 0 Å². The van der Waals surface area contributed by atoms with Crippen LogP contribution in [-0.2, 0) is 6.54 Å². The van der Waals surface area contributed by atoms with Crippen LogP contribution < -0.4 is 4.90 Å². The minimum Gasteiger partial charge on any atom is -0.328 e. The lowest BCUT2D eigenvalue weighted by molar-refractivity contribution is -0.918. The van der Waals surface area contributed by atoms with Gasteiger partial charge >= 0.3 is 0 Å². The Hall–Kier alpha value is -1.91. The standard InChI is InChI=1S/C17H19ClN4/c18-17-3-1-16(2-4-17)14-21-9-11-22(12-10-21)20-13-15-5-7-19-8-6-15/h1-8,13H,9-12,14H2/p+1. The van der Waals surface area contributed by atoms with Gasteiger partial charge in [-0.05, 0) is 29.8 Å². The summed E-state index contributed by atoms with van der Waals surface area (Å²) in [4.78, 5) is 5.60. The van der Waals surface area contributed by atoms with Crippen LogP contribution in [0.4, 0.5) is 0 Å². The van der Waals surface area contributed by atoms with Crippen molar-refractivity contribution < 1.29 is 4.90 Å². The predicted octanol–water partition coefficient (Wildman–Crippen LogP) is 1.47. The molecular formula is C17H20ClN4+. The lowest BCUT2D eigenvalue weighted by atomic mass is 10.2. The summed E-state index contributed by atoms with van der Waals surface area (Å²) in [5.74, 6) is 0. The van der Waals surface area contributed by atoms with E-state index in [4.69, 9.17) is 11.6 Å². The molecule has 1 aliphatic rings. The van der Waals surface area contributed by atoms with Crippen LogP contribution in [-0.4, -0.2) is 42.4 Å². The summed E-state index contributed by atoms with van der Waals surface area (Å²) in [6, 6.07) is 12.1. The molecule has 114 valence electrons. The van der Waals surface area contributed by atoms with Crippen molar-refractivity contribution in [3.63, 3.8) is 0 Å². The quantitative estimate of drug-likeness (QED) is 0.867. The fourth-order valence-electron chi connectivity index (χ4n) is 2.59. The first kappa shape index (κ1) is 15.0. The number of aromatic nitrogens is 1. The zero-order chi connectivity index (χ0) is 15.2. The van der Waals surface area contributed by atoms with Gasteiger partial charge in [-0.1, -0.05) is 23.7 Å². The van der Waals surface area contributed by atoms with Crippen molar-refractivity contribution in [2.45, 2.75) is 6.54 Å². The van der Waals surface area contributed by atoms with Gasteiger partial charge in [-0.2, -0.15) is 5.10 Å². The van der Waals surface area contributed by atoms with E-state index in [2.05, 4.69) is 27.2 Å². The van der Waals surface area contributed by atoms with Gasteiger partial charge in [0.2, 0.25) is 0 Å². The van der Waals surface area contributed by atoms with Crippen molar-refractivity contribution in [3.05, 3.63) is 64.9 Å². The molecule has 1 aromatic heterocycles. The second-order valence-corrected chi connectivity index (χ2v) is 5.97. The molecule has 2 aromatic rings. The number of pyridine rings is 1. The largest absolute Gasteiger partial charge is 0.328 e. The zero-order valence-electron chi connectivity index (χ0n) is 12.5. The van der Waals surface area contributed by atoms with Gasteiger partial charge in [0.25, 0.3) is 0 Å². The van der Waals surface area contributed by atoms with E-state index >= 15 is 0 Å². The highest BCUT2D eigenvalue weighted by Gasteiger charge is 2.18. The van der Waals surface area contributed by atoms with Crippen LogP contribution >= 0.6 is 11.6 Å². The summed E-state index contributed by atoms with van der Waals surface area (Å²) in [5.41, 5.74) is 2.43. The van der Waals surface area contributed by atoms with E-state index in [1.54, 1.807) is 17.3 Å². The van der Waals surface area contributed by atoms with Gasteiger partial charge in [0.1, 0.15) is 6.54 Å². The number of hydrogen-bond acceptors (Lipinski definition) is 3. The maximum absolute atomic E-state index is 5.93. The monoisotopic (exact) mass is 315 g/mol. The number of hydrogen-bond donors (Lipinski definition) is 1. The average Bonchev–Trinajstić information content (AvgIpc) is 2.57. The maximum atomic E-state index is 5.93. The summed E-state index contributed by atoms with van der Waals surface area (Å²) in [6.45, 7) is 5.25. The molecule has 0 radical (unpaired) electrons. The van der Waals surface area contributed by atoms with Crippen LogP contribution in [0.15, 0.2) is 53.9 Å². The van der Waals surface area contributed by atoms with Crippen LogP contribution in [0, 0.1) is 0 Å². The van der Waals surface area contributed by atoms with Gasteiger partial charge in [-0.3, -0.25) is 9.99 Å². The van der Waals surface area contributed by atoms with Gasteiger partial charge in [0.15, 0.2) is 0 Å². The minimum absolute atomic E-state index is 0.800. The fourth-order valence-corrected chi connectivity index (χ4v) is 2.72. The van der Waals surface area contributed by atoms with Crippen molar-refractivity contribution in [3.8, 4) is 0 Å². The van der Waals surface area contributed by atoms with Crippen molar-refractivity contribution in [2.24, 2.45) is 5.10 Å². The van der Waals surface area contributed by atoms with E-state index in [1.165, 1.54) is 5.56 Å². The van der Waals surface area contributed by atoms with E-state index in [9.17, 15) is 0 Å². The molecule has 22 heavy (non-hydrogen) atoms. The molecule has 1 fully saturated rings.